The molecule has 110 valence electrons. The van der Waals surface area contributed by atoms with Crippen LogP contribution in [0.1, 0.15) is 17.0 Å². The first-order valence-corrected chi connectivity index (χ1v) is 6.53. The van der Waals surface area contributed by atoms with Crippen molar-refractivity contribution >= 4 is 5.90 Å². The summed E-state index contributed by atoms with van der Waals surface area (Å²) in [4.78, 5) is 18.6. The highest BCUT2D eigenvalue weighted by Gasteiger charge is 2.39. The lowest BCUT2D eigenvalue weighted by Gasteiger charge is -2.28. The van der Waals surface area contributed by atoms with Gasteiger partial charge in [-0.3, -0.25) is 10.2 Å². The Kier molecular flexibility index (Phi) is 3.35. The first-order chi connectivity index (χ1) is 10.7. The molecule has 1 aromatic heterocycles. The van der Waals surface area contributed by atoms with Crippen molar-refractivity contribution in [2.24, 2.45) is 5.92 Å². The number of benzene rings is 1. The number of aromatic amines is 1. The second kappa shape index (κ2) is 5.33. The van der Waals surface area contributed by atoms with Crippen LogP contribution >= 0.6 is 0 Å². The number of methoxy groups -OCH3 is 1. The predicted octanol–water partition coefficient (Wildman–Crippen LogP) is 1.42. The van der Waals surface area contributed by atoms with Crippen molar-refractivity contribution in [1.29, 1.82) is 10.7 Å². The third-order valence-corrected chi connectivity index (χ3v) is 3.60. The Morgan fingerprint density at radius 3 is 2.77 bits per heavy atom. The van der Waals surface area contributed by atoms with Crippen LogP contribution in [0.15, 0.2) is 35.4 Å². The van der Waals surface area contributed by atoms with E-state index in [0.717, 1.165) is 5.56 Å². The molecule has 0 spiro atoms. The fourth-order valence-electron chi connectivity index (χ4n) is 2.54. The molecular formula is C15H12N4O3. The van der Waals surface area contributed by atoms with E-state index in [1.165, 1.54) is 6.33 Å². The molecule has 22 heavy (non-hydrogen) atoms. The van der Waals surface area contributed by atoms with Crippen molar-refractivity contribution in [3.63, 3.8) is 0 Å². The first-order valence-electron chi connectivity index (χ1n) is 6.53. The molecule has 7 heteroatoms. The molecule has 2 unspecified atom stereocenters. The van der Waals surface area contributed by atoms with E-state index in [1.54, 1.807) is 31.4 Å². The number of ether oxygens (including phenoxy) is 2. The van der Waals surface area contributed by atoms with E-state index >= 15 is 0 Å². The molecule has 0 radical (unpaired) electrons. The van der Waals surface area contributed by atoms with Crippen LogP contribution in [0.2, 0.25) is 0 Å². The number of hydrogen-bond acceptors (Lipinski definition) is 6. The average molecular weight is 296 g/mol. The maximum absolute atomic E-state index is 12.2. The lowest BCUT2D eigenvalue weighted by molar-refractivity contribution is 0.413. The summed E-state index contributed by atoms with van der Waals surface area (Å²) < 4.78 is 10.3. The van der Waals surface area contributed by atoms with Crippen LogP contribution in [0.3, 0.4) is 0 Å². The van der Waals surface area contributed by atoms with E-state index in [1.807, 2.05) is 6.07 Å². The zero-order chi connectivity index (χ0) is 15.7. The van der Waals surface area contributed by atoms with E-state index in [0.29, 0.717) is 5.75 Å². The Morgan fingerprint density at radius 2 is 2.14 bits per heavy atom. The van der Waals surface area contributed by atoms with Crippen LogP contribution in [0.4, 0.5) is 0 Å². The van der Waals surface area contributed by atoms with Crippen molar-refractivity contribution in [2.75, 3.05) is 7.11 Å². The molecule has 1 aliphatic rings. The number of H-pyrrole nitrogens is 1. The fourth-order valence-corrected chi connectivity index (χ4v) is 2.54. The van der Waals surface area contributed by atoms with Crippen molar-refractivity contribution < 1.29 is 9.47 Å². The minimum absolute atomic E-state index is 0.0704. The predicted molar refractivity (Wildman–Crippen MR) is 77.2 cm³/mol. The minimum Gasteiger partial charge on any atom is -0.497 e. The van der Waals surface area contributed by atoms with Gasteiger partial charge in [0.05, 0.1) is 25.1 Å². The molecule has 3 rings (SSSR count). The van der Waals surface area contributed by atoms with Crippen LogP contribution in [0.25, 0.3) is 0 Å². The van der Waals surface area contributed by atoms with E-state index in [2.05, 4.69) is 9.97 Å². The second-order valence-corrected chi connectivity index (χ2v) is 4.77. The second-order valence-electron chi connectivity index (χ2n) is 4.77. The minimum atomic E-state index is -0.883. The van der Waals surface area contributed by atoms with Crippen LogP contribution in [0, 0.1) is 22.7 Å². The highest BCUT2D eigenvalue weighted by Crippen LogP contribution is 2.39. The highest BCUT2D eigenvalue weighted by atomic mass is 16.5. The van der Waals surface area contributed by atoms with Crippen LogP contribution in [-0.4, -0.2) is 23.0 Å². The van der Waals surface area contributed by atoms with Crippen LogP contribution in [-0.2, 0) is 0 Å². The molecule has 0 amide bonds. The molecule has 0 saturated carbocycles. The van der Waals surface area contributed by atoms with Gasteiger partial charge in [-0.2, -0.15) is 5.26 Å². The molecule has 7 nitrogen and oxygen atoms in total. The van der Waals surface area contributed by atoms with E-state index < -0.39 is 11.8 Å². The van der Waals surface area contributed by atoms with E-state index in [4.69, 9.17) is 14.9 Å². The van der Waals surface area contributed by atoms with Crippen molar-refractivity contribution in [3.05, 3.63) is 52.1 Å². The summed E-state index contributed by atoms with van der Waals surface area (Å²) in [6.07, 6.45) is 1.21. The topological polar surface area (TPSA) is 112 Å². The normalized spacial score (nSPS) is 19.7. The third-order valence-electron chi connectivity index (χ3n) is 3.60. The molecule has 2 aromatic rings. The third kappa shape index (κ3) is 2.11. The fraction of sp³-hybridized carbons (Fsp3) is 0.200. The first kappa shape index (κ1) is 13.8. The smallest absolute Gasteiger partial charge is 0.258 e. The molecule has 1 aromatic carbocycles. The summed E-state index contributed by atoms with van der Waals surface area (Å²) in [6, 6.07) is 9.06. The molecule has 0 bridgehead atoms. The molecule has 0 aliphatic carbocycles. The van der Waals surface area contributed by atoms with Gasteiger partial charge in [0, 0.05) is 5.92 Å². The summed E-state index contributed by atoms with van der Waals surface area (Å²) in [6.45, 7) is 0. The average Bonchev–Trinajstić information content (AvgIpc) is 2.54. The van der Waals surface area contributed by atoms with Crippen molar-refractivity contribution in [3.8, 4) is 17.7 Å². The Bertz CT molecular complexity index is 820. The van der Waals surface area contributed by atoms with E-state index in [9.17, 15) is 10.1 Å². The zero-order valence-corrected chi connectivity index (χ0v) is 11.7. The monoisotopic (exact) mass is 296 g/mol. The van der Waals surface area contributed by atoms with E-state index in [-0.39, 0.29) is 22.9 Å². The van der Waals surface area contributed by atoms with Gasteiger partial charge in [-0.05, 0) is 17.7 Å². The Balaban J connectivity index is 2.20. The largest absolute Gasteiger partial charge is 0.497 e. The Morgan fingerprint density at radius 1 is 1.41 bits per heavy atom. The summed E-state index contributed by atoms with van der Waals surface area (Å²) in [7, 11) is 1.56. The van der Waals surface area contributed by atoms with Gasteiger partial charge in [0.2, 0.25) is 11.8 Å². The van der Waals surface area contributed by atoms with Gasteiger partial charge in [0.25, 0.3) is 5.56 Å². The van der Waals surface area contributed by atoms with Crippen LogP contribution in [0.5, 0.6) is 11.6 Å². The lowest BCUT2D eigenvalue weighted by Crippen LogP contribution is -2.35. The number of hydrogen-bond donors (Lipinski definition) is 2. The van der Waals surface area contributed by atoms with Crippen molar-refractivity contribution in [1.82, 2.24) is 9.97 Å². The lowest BCUT2D eigenvalue weighted by atomic mass is 9.80. The molecule has 1 aliphatic heterocycles. The molecule has 2 N–H and O–H groups in total. The maximum atomic E-state index is 12.2. The quantitative estimate of drug-likeness (QED) is 0.870. The number of aromatic nitrogens is 2. The standard InChI is InChI=1S/C15H12N4O3/c1-21-9-4-2-8(3-5-9)11-10(6-16)13(17)22-15-12(11)14(20)18-7-19-15/h2-5,7,10-11,17H,1H3,(H,18,19,20). The molecule has 2 heterocycles. The Labute approximate surface area is 125 Å². The van der Waals surface area contributed by atoms with Crippen molar-refractivity contribution in [2.45, 2.75) is 5.92 Å². The maximum Gasteiger partial charge on any atom is 0.258 e. The molecular weight excluding hydrogens is 284 g/mol. The van der Waals surface area contributed by atoms with Gasteiger partial charge in [-0.15, -0.1) is 0 Å². The summed E-state index contributed by atoms with van der Waals surface area (Å²) in [5.74, 6) is -0.967. The molecule has 0 fully saturated rings. The number of nitrogens with zero attached hydrogens (tertiary/aromatic N) is 2. The number of rotatable bonds is 2. The van der Waals surface area contributed by atoms with Gasteiger partial charge in [-0.25, -0.2) is 4.98 Å². The molecule has 2 atom stereocenters. The van der Waals surface area contributed by atoms with Gasteiger partial charge in [0.1, 0.15) is 11.7 Å². The Hall–Kier alpha value is -3.14. The highest BCUT2D eigenvalue weighted by molar-refractivity contribution is 5.84. The summed E-state index contributed by atoms with van der Waals surface area (Å²) >= 11 is 0. The van der Waals surface area contributed by atoms with Crippen LogP contribution < -0.4 is 15.0 Å². The van der Waals surface area contributed by atoms with Gasteiger partial charge < -0.3 is 14.5 Å². The number of nitriles is 1. The summed E-state index contributed by atoms with van der Waals surface area (Å²) in [5, 5.41) is 17.3. The van der Waals surface area contributed by atoms with Gasteiger partial charge in [0.15, 0.2) is 0 Å². The van der Waals surface area contributed by atoms with Gasteiger partial charge >= 0.3 is 0 Å². The van der Waals surface area contributed by atoms with Gasteiger partial charge in [-0.1, -0.05) is 12.1 Å². The number of fused-ring (bicyclic) bond motifs is 1. The summed E-state index contributed by atoms with van der Waals surface area (Å²) in [5.41, 5.74) is 0.605. The SMILES string of the molecule is COc1ccc(C2c3c(nc[nH]c3=O)OC(=N)C2C#N)cc1. The molecule has 0 saturated heterocycles. The zero-order valence-electron chi connectivity index (χ0n) is 11.7. The number of nitrogens with one attached hydrogen (secondary N) is 2.